The predicted octanol–water partition coefficient (Wildman–Crippen LogP) is 4.99. The lowest BCUT2D eigenvalue weighted by atomic mass is 10.0. The molecule has 1 heterocycles. The van der Waals surface area contributed by atoms with Crippen LogP contribution in [-0.4, -0.2) is 13.1 Å². The van der Waals surface area contributed by atoms with Gasteiger partial charge in [-0.2, -0.15) is 0 Å². The second kappa shape index (κ2) is 7.46. The summed E-state index contributed by atoms with van der Waals surface area (Å²) in [6, 6.07) is 10.6. The van der Waals surface area contributed by atoms with Crippen LogP contribution in [0.5, 0.6) is 0 Å². The van der Waals surface area contributed by atoms with Gasteiger partial charge in [0.1, 0.15) is 0 Å². The first-order valence-electron chi connectivity index (χ1n) is 6.81. The fraction of sp³-hybridized carbons (Fsp3) is 0.375. The molecular weight excluding hydrogens is 309 g/mol. The van der Waals surface area contributed by atoms with Gasteiger partial charge in [0.05, 0.1) is 0 Å². The van der Waals surface area contributed by atoms with E-state index in [1.807, 2.05) is 36.6 Å². The Balaban J connectivity index is 2.04. The Morgan fingerprint density at radius 2 is 1.85 bits per heavy atom. The molecule has 0 saturated carbocycles. The first-order valence-corrected chi connectivity index (χ1v) is 8.38. The van der Waals surface area contributed by atoms with Crippen molar-refractivity contribution in [2.24, 2.45) is 0 Å². The summed E-state index contributed by atoms with van der Waals surface area (Å²) in [4.78, 5) is 2.87. The Hall–Kier alpha value is -0.540. The molecule has 0 spiro atoms. The number of halogens is 2. The third kappa shape index (κ3) is 4.23. The van der Waals surface area contributed by atoms with Crippen molar-refractivity contribution in [3.05, 3.63) is 55.7 Å². The molecule has 0 bridgehead atoms. The van der Waals surface area contributed by atoms with E-state index in [9.17, 15) is 0 Å². The van der Waals surface area contributed by atoms with Gasteiger partial charge in [0.25, 0.3) is 0 Å². The van der Waals surface area contributed by atoms with Gasteiger partial charge in [-0.05, 0) is 56.1 Å². The van der Waals surface area contributed by atoms with Crippen molar-refractivity contribution in [2.75, 3.05) is 7.05 Å². The van der Waals surface area contributed by atoms with E-state index in [0.717, 1.165) is 29.8 Å². The van der Waals surface area contributed by atoms with Gasteiger partial charge < -0.3 is 5.32 Å². The van der Waals surface area contributed by atoms with Crippen LogP contribution < -0.4 is 5.32 Å². The molecule has 2 rings (SSSR count). The lowest BCUT2D eigenvalue weighted by Gasteiger charge is -2.16. The van der Waals surface area contributed by atoms with Crippen molar-refractivity contribution >= 4 is 34.5 Å². The quantitative estimate of drug-likeness (QED) is 0.788. The number of rotatable bonds is 6. The molecule has 1 N–H and O–H groups in total. The highest BCUT2D eigenvalue weighted by molar-refractivity contribution is 7.11. The average molecular weight is 328 g/mol. The first-order chi connectivity index (χ1) is 9.62. The number of thiophene rings is 1. The minimum absolute atomic E-state index is 0.386. The summed E-state index contributed by atoms with van der Waals surface area (Å²) >= 11 is 14.1. The molecule has 0 aliphatic rings. The van der Waals surface area contributed by atoms with E-state index >= 15 is 0 Å². The fourth-order valence-corrected chi connectivity index (χ4v) is 3.72. The summed E-state index contributed by atoms with van der Waals surface area (Å²) in [5, 5.41) is 4.82. The molecular formula is C16H19Cl2NS. The zero-order valence-electron chi connectivity index (χ0n) is 11.7. The van der Waals surface area contributed by atoms with E-state index in [0.29, 0.717) is 11.1 Å². The van der Waals surface area contributed by atoms with Crippen molar-refractivity contribution in [1.82, 2.24) is 5.32 Å². The van der Waals surface area contributed by atoms with Crippen LogP contribution in [0.3, 0.4) is 0 Å². The lowest BCUT2D eigenvalue weighted by molar-refractivity contribution is 0.560. The molecule has 0 fully saturated rings. The van der Waals surface area contributed by atoms with Gasteiger partial charge in [-0.15, -0.1) is 11.3 Å². The minimum Gasteiger partial charge on any atom is -0.316 e. The molecule has 0 saturated heterocycles. The Bertz CT molecular complexity index is 565. The Kier molecular flexibility index (Phi) is 5.91. The topological polar surface area (TPSA) is 12.0 Å². The number of hydrogen-bond acceptors (Lipinski definition) is 2. The number of benzene rings is 1. The van der Waals surface area contributed by atoms with E-state index < -0.39 is 0 Å². The van der Waals surface area contributed by atoms with Gasteiger partial charge in [-0.3, -0.25) is 0 Å². The zero-order valence-corrected chi connectivity index (χ0v) is 14.1. The molecule has 0 aliphatic heterocycles. The highest BCUT2D eigenvalue weighted by atomic mass is 35.5. The third-order valence-corrected chi connectivity index (χ3v) is 5.24. The van der Waals surface area contributed by atoms with Gasteiger partial charge in [0.15, 0.2) is 0 Å². The molecule has 0 radical (unpaired) electrons. The van der Waals surface area contributed by atoms with Gasteiger partial charge in [-0.1, -0.05) is 36.2 Å². The van der Waals surface area contributed by atoms with E-state index in [1.165, 1.54) is 9.75 Å². The van der Waals surface area contributed by atoms with E-state index in [4.69, 9.17) is 23.2 Å². The van der Waals surface area contributed by atoms with Crippen molar-refractivity contribution in [1.29, 1.82) is 0 Å². The normalized spacial score (nSPS) is 12.6. The standard InChI is InChI=1S/C16H19Cl2NS/c1-3-14-6-7-15(20-14)10-13(19-2)8-11-4-5-12(17)9-16(11)18/h4-7,9,13,19H,3,8,10H2,1-2H3. The molecule has 1 atom stereocenters. The van der Waals surface area contributed by atoms with Gasteiger partial charge in [0, 0.05) is 25.8 Å². The van der Waals surface area contributed by atoms with Crippen molar-refractivity contribution in [2.45, 2.75) is 32.2 Å². The lowest BCUT2D eigenvalue weighted by Crippen LogP contribution is -2.29. The van der Waals surface area contributed by atoms with Crippen LogP contribution in [0, 0.1) is 0 Å². The molecule has 0 amide bonds. The smallest absolute Gasteiger partial charge is 0.0453 e. The van der Waals surface area contributed by atoms with Gasteiger partial charge in [0.2, 0.25) is 0 Å². The fourth-order valence-electron chi connectivity index (χ4n) is 2.19. The summed E-state index contributed by atoms with van der Waals surface area (Å²) in [6.45, 7) is 2.19. The summed E-state index contributed by atoms with van der Waals surface area (Å²) in [5.74, 6) is 0. The Morgan fingerprint density at radius 3 is 2.45 bits per heavy atom. The Morgan fingerprint density at radius 1 is 1.10 bits per heavy atom. The summed E-state index contributed by atoms with van der Waals surface area (Å²) in [5.41, 5.74) is 1.14. The molecule has 108 valence electrons. The van der Waals surface area contributed by atoms with E-state index in [1.54, 1.807) is 0 Å². The van der Waals surface area contributed by atoms with Crippen molar-refractivity contribution < 1.29 is 0 Å². The maximum atomic E-state index is 6.25. The second-order valence-electron chi connectivity index (χ2n) is 4.85. The van der Waals surface area contributed by atoms with Crippen LogP contribution in [0.4, 0.5) is 0 Å². The van der Waals surface area contributed by atoms with Crippen LogP contribution in [0.15, 0.2) is 30.3 Å². The summed E-state index contributed by atoms with van der Waals surface area (Å²) in [6.07, 6.45) is 3.05. The molecule has 1 aromatic carbocycles. The van der Waals surface area contributed by atoms with E-state index in [2.05, 4.69) is 24.4 Å². The number of hydrogen-bond donors (Lipinski definition) is 1. The van der Waals surface area contributed by atoms with Crippen molar-refractivity contribution in [3.8, 4) is 0 Å². The summed E-state index contributed by atoms with van der Waals surface area (Å²) in [7, 11) is 2.00. The summed E-state index contributed by atoms with van der Waals surface area (Å²) < 4.78 is 0. The molecule has 2 aromatic rings. The number of aryl methyl sites for hydroxylation is 1. The third-order valence-electron chi connectivity index (χ3n) is 3.40. The van der Waals surface area contributed by atoms with Crippen LogP contribution in [-0.2, 0) is 19.3 Å². The highest BCUT2D eigenvalue weighted by Gasteiger charge is 2.12. The van der Waals surface area contributed by atoms with Gasteiger partial charge >= 0.3 is 0 Å². The van der Waals surface area contributed by atoms with Gasteiger partial charge in [-0.25, -0.2) is 0 Å². The zero-order chi connectivity index (χ0) is 14.5. The van der Waals surface area contributed by atoms with Crippen LogP contribution in [0.25, 0.3) is 0 Å². The van der Waals surface area contributed by atoms with Crippen molar-refractivity contribution in [3.63, 3.8) is 0 Å². The number of likely N-dealkylation sites (N-methyl/N-ethyl adjacent to an activating group) is 1. The molecule has 0 aliphatic carbocycles. The van der Waals surface area contributed by atoms with Crippen LogP contribution >= 0.6 is 34.5 Å². The van der Waals surface area contributed by atoms with E-state index in [-0.39, 0.29) is 0 Å². The second-order valence-corrected chi connectivity index (χ2v) is 6.95. The molecule has 20 heavy (non-hydrogen) atoms. The molecule has 1 nitrogen and oxygen atoms in total. The van der Waals surface area contributed by atoms with Crippen LogP contribution in [0.1, 0.15) is 22.2 Å². The SMILES string of the molecule is CCc1ccc(CC(Cc2ccc(Cl)cc2Cl)NC)s1. The largest absolute Gasteiger partial charge is 0.316 e. The molecule has 1 unspecified atom stereocenters. The maximum Gasteiger partial charge on any atom is 0.0453 e. The molecule has 1 aromatic heterocycles. The monoisotopic (exact) mass is 327 g/mol. The van der Waals surface area contributed by atoms with Crippen LogP contribution in [0.2, 0.25) is 10.0 Å². The number of nitrogens with one attached hydrogen (secondary N) is 1. The Labute approximate surface area is 134 Å². The minimum atomic E-state index is 0.386. The predicted molar refractivity (Wildman–Crippen MR) is 90.4 cm³/mol. The molecule has 4 heteroatoms. The first kappa shape index (κ1) is 15.8. The average Bonchev–Trinajstić information content (AvgIpc) is 2.88. The maximum absolute atomic E-state index is 6.25. The highest BCUT2D eigenvalue weighted by Crippen LogP contribution is 2.24.